The number of esters is 1. The summed E-state index contributed by atoms with van der Waals surface area (Å²) >= 11 is 0. The summed E-state index contributed by atoms with van der Waals surface area (Å²) in [5, 5.41) is 2.93. The number of rotatable bonds is 8. The maximum absolute atomic E-state index is 12.8. The first-order chi connectivity index (χ1) is 16.5. The van der Waals surface area contributed by atoms with Gasteiger partial charge in [-0.05, 0) is 49.1 Å². The SMILES string of the molecule is CCOC(=O)CCCNC(=O)N1CCc2nc(COc3ccccc3)c3c(c2C1)CO[C@@H](C)C3. The lowest BCUT2D eigenvalue weighted by Crippen LogP contribution is -2.44. The molecule has 1 aromatic carbocycles. The predicted molar refractivity (Wildman–Crippen MR) is 126 cm³/mol. The van der Waals surface area contributed by atoms with Crippen LogP contribution >= 0.6 is 0 Å². The van der Waals surface area contributed by atoms with Gasteiger partial charge >= 0.3 is 12.0 Å². The highest BCUT2D eigenvalue weighted by atomic mass is 16.5. The fraction of sp³-hybridized carbons (Fsp3) is 0.500. The molecule has 0 saturated carbocycles. The second-order valence-electron chi connectivity index (χ2n) is 8.68. The summed E-state index contributed by atoms with van der Waals surface area (Å²) in [7, 11) is 0. The fourth-order valence-electron chi connectivity index (χ4n) is 4.45. The van der Waals surface area contributed by atoms with Crippen LogP contribution in [0.5, 0.6) is 5.75 Å². The Labute approximate surface area is 200 Å². The van der Waals surface area contributed by atoms with E-state index in [9.17, 15) is 9.59 Å². The molecule has 0 spiro atoms. The number of nitrogens with zero attached hydrogens (tertiary/aromatic N) is 2. The topological polar surface area (TPSA) is 90.0 Å². The Morgan fingerprint density at radius 3 is 2.82 bits per heavy atom. The van der Waals surface area contributed by atoms with Crippen LogP contribution in [0.25, 0.3) is 0 Å². The Morgan fingerprint density at radius 1 is 1.21 bits per heavy atom. The van der Waals surface area contributed by atoms with Crippen molar-refractivity contribution in [1.29, 1.82) is 0 Å². The van der Waals surface area contributed by atoms with E-state index < -0.39 is 0 Å². The van der Waals surface area contributed by atoms with Crippen molar-refractivity contribution >= 4 is 12.0 Å². The van der Waals surface area contributed by atoms with E-state index in [4.69, 9.17) is 19.2 Å². The first-order valence-corrected chi connectivity index (χ1v) is 12.0. The van der Waals surface area contributed by atoms with Gasteiger partial charge in [-0.25, -0.2) is 4.79 Å². The van der Waals surface area contributed by atoms with Crippen LogP contribution in [0.2, 0.25) is 0 Å². The number of aromatic nitrogens is 1. The Hall–Kier alpha value is -3.13. The molecule has 3 heterocycles. The molecule has 1 atom stereocenters. The third kappa shape index (κ3) is 5.86. The maximum Gasteiger partial charge on any atom is 0.317 e. The van der Waals surface area contributed by atoms with Crippen LogP contribution in [0.1, 0.15) is 54.8 Å². The first kappa shape index (κ1) is 24.0. The van der Waals surface area contributed by atoms with Crippen molar-refractivity contribution in [3.05, 3.63) is 58.4 Å². The number of nitrogens with one attached hydrogen (secondary N) is 1. The van der Waals surface area contributed by atoms with Crippen LogP contribution in [0.15, 0.2) is 30.3 Å². The predicted octanol–water partition coefficient (Wildman–Crippen LogP) is 3.53. The van der Waals surface area contributed by atoms with Gasteiger partial charge in [0.05, 0.1) is 25.0 Å². The van der Waals surface area contributed by atoms with Gasteiger partial charge in [-0.15, -0.1) is 0 Å². The highest BCUT2D eigenvalue weighted by Gasteiger charge is 2.30. The lowest BCUT2D eigenvalue weighted by molar-refractivity contribution is -0.143. The van der Waals surface area contributed by atoms with E-state index in [2.05, 4.69) is 12.2 Å². The smallest absolute Gasteiger partial charge is 0.317 e. The molecule has 2 aromatic rings. The Bertz CT molecular complexity index is 1010. The molecule has 0 unspecified atom stereocenters. The zero-order valence-corrected chi connectivity index (χ0v) is 20.0. The summed E-state index contributed by atoms with van der Waals surface area (Å²) in [5.74, 6) is 0.587. The van der Waals surface area contributed by atoms with E-state index in [-0.39, 0.29) is 18.1 Å². The summed E-state index contributed by atoms with van der Waals surface area (Å²) in [5.41, 5.74) is 5.41. The van der Waals surface area contributed by atoms with Gasteiger partial charge in [0.25, 0.3) is 0 Å². The van der Waals surface area contributed by atoms with Crippen molar-refractivity contribution < 1.29 is 23.8 Å². The van der Waals surface area contributed by atoms with E-state index in [1.807, 2.05) is 35.2 Å². The highest BCUT2D eigenvalue weighted by Crippen LogP contribution is 2.32. The molecule has 1 aromatic heterocycles. The van der Waals surface area contributed by atoms with Gasteiger partial charge in [0.15, 0.2) is 0 Å². The second-order valence-corrected chi connectivity index (χ2v) is 8.68. The summed E-state index contributed by atoms with van der Waals surface area (Å²) in [6.07, 6.45) is 2.45. The molecule has 2 aliphatic rings. The number of hydrogen-bond donors (Lipinski definition) is 1. The van der Waals surface area contributed by atoms with Crippen molar-refractivity contribution in [1.82, 2.24) is 15.2 Å². The van der Waals surface area contributed by atoms with Crippen molar-refractivity contribution in [2.24, 2.45) is 0 Å². The summed E-state index contributed by atoms with van der Waals surface area (Å²) in [6.45, 7) is 6.70. The molecule has 2 aliphatic heterocycles. The minimum atomic E-state index is -0.234. The third-order valence-corrected chi connectivity index (χ3v) is 6.21. The molecule has 0 saturated heterocycles. The Morgan fingerprint density at radius 2 is 2.03 bits per heavy atom. The van der Waals surface area contributed by atoms with Gasteiger partial charge in [-0.1, -0.05) is 18.2 Å². The molecule has 0 aliphatic carbocycles. The zero-order chi connectivity index (χ0) is 23.9. The van der Waals surface area contributed by atoms with E-state index in [0.717, 1.165) is 34.7 Å². The highest BCUT2D eigenvalue weighted by molar-refractivity contribution is 5.75. The molecule has 182 valence electrons. The Kier molecular flexibility index (Phi) is 8.00. The molecule has 8 nitrogen and oxygen atoms in total. The van der Waals surface area contributed by atoms with E-state index in [1.165, 1.54) is 5.56 Å². The zero-order valence-electron chi connectivity index (χ0n) is 20.0. The van der Waals surface area contributed by atoms with Gasteiger partial charge < -0.3 is 24.4 Å². The van der Waals surface area contributed by atoms with Crippen molar-refractivity contribution in [2.45, 2.75) is 65.4 Å². The van der Waals surface area contributed by atoms with Crippen LogP contribution in [0.4, 0.5) is 4.79 Å². The average Bonchev–Trinajstić information content (AvgIpc) is 2.85. The molecular weight excluding hydrogens is 434 g/mol. The van der Waals surface area contributed by atoms with Crippen LogP contribution in [-0.2, 0) is 46.9 Å². The lowest BCUT2D eigenvalue weighted by Gasteiger charge is -2.34. The number of carbonyl (C=O) groups excluding carboxylic acids is 2. The summed E-state index contributed by atoms with van der Waals surface area (Å²) in [6, 6.07) is 9.65. The number of benzene rings is 1. The van der Waals surface area contributed by atoms with Crippen molar-refractivity contribution in [2.75, 3.05) is 19.7 Å². The maximum atomic E-state index is 12.8. The first-order valence-electron chi connectivity index (χ1n) is 12.0. The van der Waals surface area contributed by atoms with Gasteiger partial charge in [0.1, 0.15) is 12.4 Å². The van der Waals surface area contributed by atoms with Gasteiger partial charge in [0.2, 0.25) is 0 Å². The van der Waals surface area contributed by atoms with E-state index >= 15 is 0 Å². The summed E-state index contributed by atoms with van der Waals surface area (Å²) < 4.78 is 16.9. The Balaban J connectivity index is 1.43. The quantitative estimate of drug-likeness (QED) is 0.472. The normalized spacial score (nSPS) is 16.9. The monoisotopic (exact) mass is 467 g/mol. The van der Waals surface area contributed by atoms with Crippen molar-refractivity contribution in [3.8, 4) is 5.75 Å². The number of carbonyl (C=O) groups is 2. The molecule has 1 N–H and O–H groups in total. The number of para-hydroxylation sites is 1. The average molecular weight is 468 g/mol. The standard InChI is InChI=1S/C26H33N3O5/c1-3-32-25(30)10-7-12-27-26(31)29-13-11-23-21(15-29)22-16-33-18(2)14-20(22)24(28-23)17-34-19-8-5-4-6-9-19/h4-6,8-9,18H,3,7,10-17H2,1-2H3,(H,27,31)/t18-/m0/s1. The number of hydrogen-bond acceptors (Lipinski definition) is 6. The van der Waals surface area contributed by atoms with Crippen molar-refractivity contribution in [3.63, 3.8) is 0 Å². The van der Waals surface area contributed by atoms with Crippen LogP contribution in [0.3, 0.4) is 0 Å². The van der Waals surface area contributed by atoms with Crippen LogP contribution < -0.4 is 10.1 Å². The largest absolute Gasteiger partial charge is 0.487 e. The molecular formula is C26H33N3O5. The molecule has 0 fully saturated rings. The van der Waals surface area contributed by atoms with Crippen LogP contribution in [0, 0.1) is 0 Å². The molecule has 8 heteroatoms. The lowest BCUT2D eigenvalue weighted by atomic mass is 9.90. The third-order valence-electron chi connectivity index (χ3n) is 6.21. The second kappa shape index (κ2) is 11.3. The fourth-order valence-corrected chi connectivity index (χ4v) is 4.45. The molecule has 0 radical (unpaired) electrons. The number of urea groups is 1. The molecule has 34 heavy (non-hydrogen) atoms. The molecule has 0 bridgehead atoms. The van der Waals surface area contributed by atoms with E-state index in [0.29, 0.717) is 58.7 Å². The number of ether oxygens (including phenoxy) is 3. The van der Waals surface area contributed by atoms with Gasteiger partial charge in [-0.3, -0.25) is 9.78 Å². The van der Waals surface area contributed by atoms with Gasteiger partial charge in [-0.2, -0.15) is 0 Å². The van der Waals surface area contributed by atoms with Crippen LogP contribution in [-0.4, -0.2) is 47.7 Å². The number of fused-ring (bicyclic) bond motifs is 3. The molecule has 2 amide bonds. The summed E-state index contributed by atoms with van der Waals surface area (Å²) in [4.78, 5) is 31.0. The van der Waals surface area contributed by atoms with Gasteiger partial charge in [0, 0.05) is 44.6 Å². The van der Waals surface area contributed by atoms with E-state index in [1.54, 1.807) is 6.92 Å². The minimum Gasteiger partial charge on any atom is -0.487 e. The molecule has 4 rings (SSSR count). The number of amides is 2. The minimum absolute atomic E-state index is 0.116. The number of pyridine rings is 1.